The largest absolute Gasteiger partial charge is 0.344 e. The van der Waals surface area contributed by atoms with Gasteiger partial charge in [0, 0.05) is 24.9 Å². The van der Waals surface area contributed by atoms with Crippen molar-refractivity contribution in [1.82, 2.24) is 0 Å². The zero-order valence-electron chi connectivity index (χ0n) is 18.5. The summed E-state index contributed by atoms with van der Waals surface area (Å²) in [5, 5.41) is 0. The maximum Gasteiger partial charge on any atom is 0.129 e. The summed E-state index contributed by atoms with van der Waals surface area (Å²) in [5.74, 6) is -0.0185. The van der Waals surface area contributed by atoms with E-state index in [0.717, 1.165) is 29.8 Å². The SMILES string of the molecule is C=C/C=C(/c1ccc(CCCC(C)=O)cc1)N(C)c1ccc(F)cc1.CCC(C)F. The first-order valence-corrected chi connectivity index (χ1v) is 10.3. The smallest absolute Gasteiger partial charge is 0.129 e. The molecule has 162 valence electrons. The zero-order valence-corrected chi connectivity index (χ0v) is 18.5. The molecule has 0 aliphatic carbocycles. The Kier molecular flexibility index (Phi) is 11.4. The summed E-state index contributed by atoms with van der Waals surface area (Å²) < 4.78 is 24.6. The molecule has 0 fully saturated rings. The minimum absolute atomic E-state index is 0.230. The first-order chi connectivity index (χ1) is 14.3. The number of rotatable bonds is 9. The van der Waals surface area contributed by atoms with Gasteiger partial charge in [0.15, 0.2) is 0 Å². The molecule has 0 saturated heterocycles. The van der Waals surface area contributed by atoms with Crippen molar-refractivity contribution in [3.05, 3.63) is 84.2 Å². The molecule has 30 heavy (non-hydrogen) atoms. The number of carbonyl (C=O) groups excluding carboxylic acids is 1. The number of nitrogens with zero attached hydrogens (tertiary/aromatic N) is 1. The van der Waals surface area contributed by atoms with Gasteiger partial charge in [0.2, 0.25) is 0 Å². The van der Waals surface area contributed by atoms with Crippen LogP contribution in [0.1, 0.15) is 51.2 Å². The highest BCUT2D eigenvalue weighted by atomic mass is 19.1. The molecular weight excluding hydrogens is 380 g/mol. The van der Waals surface area contributed by atoms with Gasteiger partial charge < -0.3 is 9.69 Å². The van der Waals surface area contributed by atoms with Gasteiger partial charge in [-0.15, -0.1) is 0 Å². The van der Waals surface area contributed by atoms with Crippen molar-refractivity contribution in [2.75, 3.05) is 11.9 Å². The molecule has 2 aromatic carbocycles. The van der Waals surface area contributed by atoms with Crippen LogP contribution in [0.4, 0.5) is 14.5 Å². The van der Waals surface area contributed by atoms with E-state index in [9.17, 15) is 13.6 Å². The average molecular weight is 414 g/mol. The number of ketones is 1. The second-order valence-electron chi connectivity index (χ2n) is 7.26. The van der Waals surface area contributed by atoms with Crippen LogP contribution in [0.25, 0.3) is 5.70 Å². The Labute approximate surface area is 179 Å². The predicted octanol–water partition coefficient (Wildman–Crippen LogP) is 7.16. The molecule has 2 aromatic rings. The molecule has 0 N–H and O–H groups in total. The maximum absolute atomic E-state index is 13.1. The number of benzene rings is 2. The Morgan fingerprint density at radius 2 is 1.70 bits per heavy atom. The molecule has 2 rings (SSSR count). The molecule has 4 heteroatoms. The number of hydrogen-bond donors (Lipinski definition) is 0. The second-order valence-corrected chi connectivity index (χ2v) is 7.26. The van der Waals surface area contributed by atoms with Crippen LogP contribution in [-0.2, 0) is 11.2 Å². The molecule has 0 aliphatic rings. The van der Waals surface area contributed by atoms with Crippen molar-refractivity contribution in [2.45, 2.75) is 52.6 Å². The quantitative estimate of drug-likeness (QED) is 0.407. The van der Waals surface area contributed by atoms with E-state index >= 15 is 0 Å². The van der Waals surface area contributed by atoms with Crippen LogP contribution >= 0.6 is 0 Å². The molecule has 0 spiro atoms. The number of halogens is 2. The van der Waals surface area contributed by atoms with E-state index in [0.29, 0.717) is 12.8 Å². The van der Waals surface area contributed by atoms with Gasteiger partial charge >= 0.3 is 0 Å². The lowest BCUT2D eigenvalue weighted by molar-refractivity contribution is -0.117. The predicted molar refractivity (Wildman–Crippen MR) is 124 cm³/mol. The fourth-order valence-electron chi connectivity index (χ4n) is 2.70. The van der Waals surface area contributed by atoms with Gasteiger partial charge in [-0.3, -0.25) is 0 Å². The van der Waals surface area contributed by atoms with Crippen molar-refractivity contribution in [1.29, 1.82) is 0 Å². The van der Waals surface area contributed by atoms with E-state index in [-0.39, 0.29) is 11.6 Å². The second kappa shape index (κ2) is 13.5. The molecule has 1 atom stereocenters. The van der Waals surface area contributed by atoms with Gasteiger partial charge in [-0.25, -0.2) is 8.78 Å². The first kappa shape index (κ1) is 25.3. The standard InChI is InChI=1S/C22H24FNO.C4H9F/c1-4-6-22(24(3)21-15-13-20(23)14-16-21)19-11-9-18(10-12-19)8-5-7-17(2)25;1-3-4(2)5/h4,6,9-16H,1,5,7-8H2,2-3H3;4H,3H2,1-2H3/b22-6-;. The Hall–Kier alpha value is -2.75. The summed E-state index contributed by atoms with van der Waals surface area (Å²) in [6.07, 6.45) is 6.10. The Balaban J connectivity index is 0.000000804. The summed E-state index contributed by atoms with van der Waals surface area (Å²) in [4.78, 5) is 13.0. The maximum atomic E-state index is 13.1. The third-order valence-corrected chi connectivity index (χ3v) is 4.66. The third-order valence-electron chi connectivity index (χ3n) is 4.66. The number of Topliss-reactive ketones (excluding diaryl/α,β-unsaturated/α-hetero) is 1. The topological polar surface area (TPSA) is 20.3 Å². The lowest BCUT2D eigenvalue weighted by Crippen LogP contribution is -2.15. The molecule has 0 aromatic heterocycles. The Morgan fingerprint density at radius 3 is 2.17 bits per heavy atom. The summed E-state index contributed by atoms with van der Waals surface area (Å²) in [6.45, 7) is 8.80. The number of allylic oxidation sites excluding steroid dienone is 2. The molecule has 1 unspecified atom stereocenters. The van der Waals surface area contributed by atoms with Gasteiger partial charge in [0.05, 0.1) is 6.17 Å². The average Bonchev–Trinajstić information content (AvgIpc) is 2.73. The normalized spacial score (nSPS) is 11.9. The molecule has 0 aliphatic heterocycles. The fraction of sp³-hybridized carbons (Fsp3) is 0.346. The lowest BCUT2D eigenvalue weighted by atomic mass is 10.0. The molecule has 0 saturated carbocycles. The molecule has 2 nitrogen and oxygen atoms in total. The van der Waals surface area contributed by atoms with E-state index in [4.69, 9.17) is 0 Å². The molecule has 0 heterocycles. The van der Waals surface area contributed by atoms with Crippen molar-refractivity contribution >= 4 is 17.2 Å². The minimum atomic E-state index is -0.616. The number of hydrogen-bond acceptors (Lipinski definition) is 2. The van der Waals surface area contributed by atoms with Crippen molar-refractivity contribution in [3.63, 3.8) is 0 Å². The van der Waals surface area contributed by atoms with Crippen molar-refractivity contribution < 1.29 is 13.6 Å². The lowest BCUT2D eigenvalue weighted by Gasteiger charge is -2.23. The molecule has 0 amide bonds. The van der Waals surface area contributed by atoms with Crippen LogP contribution in [0.3, 0.4) is 0 Å². The third kappa shape index (κ3) is 9.17. The van der Waals surface area contributed by atoms with Crippen molar-refractivity contribution in [3.8, 4) is 0 Å². The summed E-state index contributed by atoms with van der Waals surface area (Å²) in [7, 11) is 1.95. The highest BCUT2D eigenvalue weighted by Crippen LogP contribution is 2.25. The van der Waals surface area contributed by atoms with Crippen LogP contribution in [0.15, 0.2) is 67.3 Å². The monoisotopic (exact) mass is 413 g/mol. The van der Waals surface area contributed by atoms with Crippen LogP contribution in [0.2, 0.25) is 0 Å². The number of carbonyl (C=O) groups is 1. The van der Waals surface area contributed by atoms with Crippen LogP contribution in [0, 0.1) is 5.82 Å². The van der Waals surface area contributed by atoms with Gasteiger partial charge in [-0.2, -0.15) is 0 Å². The highest BCUT2D eigenvalue weighted by molar-refractivity contribution is 5.79. The van der Waals surface area contributed by atoms with Gasteiger partial charge in [0.25, 0.3) is 0 Å². The van der Waals surface area contributed by atoms with Gasteiger partial charge in [-0.05, 0) is 74.6 Å². The molecular formula is C26H33F2NO. The van der Waals surface area contributed by atoms with E-state index in [2.05, 4.69) is 30.8 Å². The summed E-state index contributed by atoms with van der Waals surface area (Å²) in [5.41, 5.74) is 4.16. The van der Waals surface area contributed by atoms with Gasteiger partial charge in [0.1, 0.15) is 11.6 Å². The minimum Gasteiger partial charge on any atom is -0.344 e. The highest BCUT2D eigenvalue weighted by Gasteiger charge is 2.09. The van der Waals surface area contributed by atoms with Crippen LogP contribution in [0.5, 0.6) is 0 Å². The van der Waals surface area contributed by atoms with E-state index < -0.39 is 6.17 Å². The van der Waals surface area contributed by atoms with Crippen molar-refractivity contribution in [2.24, 2.45) is 0 Å². The zero-order chi connectivity index (χ0) is 22.5. The van der Waals surface area contributed by atoms with Gasteiger partial charge in [-0.1, -0.05) is 43.8 Å². The van der Waals surface area contributed by atoms with Crippen LogP contribution in [-0.4, -0.2) is 19.0 Å². The van der Waals surface area contributed by atoms with E-state index in [1.54, 1.807) is 32.1 Å². The Morgan fingerprint density at radius 1 is 1.13 bits per heavy atom. The first-order valence-electron chi connectivity index (χ1n) is 10.3. The number of anilines is 1. The van der Waals surface area contributed by atoms with E-state index in [1.807, 2.05) is 24.9 Å². The molecule has 0 radical (unpaired) electrons. The Bertz CT molecular complexity index is 808. The fourth-order valence-corrected chi connectivity index (χ4v) is 2.70. The number of alkyl halides is 1. The molecule has 0 bridgehead atoms. The van der Waals surface area contributed by atoms with Crippen LogP contribution < -0.4 is 4.90 Å². The summed E-state index contributed by atoms with van der Waals surface area (Å²) >= 11 is 0. The number of aryl methyl sites for hydroxylation is 1. The summed E-state index contributed by atoms with van der Waals surface area (Å²) in [6, 6.07) is 14.7. The van der Waals surface area contributed by atoms with E-state index in [1.165, 1.54) is 17.7 Å².